The van der Waals surface area contributed by atoms with Crippen molar-refractivity contribution in [3.63, 3.8) is 0 Å². The second kappa shape index (κ2) is 5.65. The van der Waals surface area contributed by atoms with Gasteiger partial charge in [0.15, 0.2) is 5.82 Å². The van der Waals surface area contributed by atoms with E-state index < -0.39 is 5.97 Å². The summed E-state index contributed by atoms with van der Waals surface area (Å²) in [7, 11) is 0. The molecule has 104 valence electrons. The molecule has 0 radical (unpaired) electrons. The molecule has 0 amide bonds. The first-order valence-corrected chi connectivity index (χ1v) is 7.25. The largest absolute Gasteiger partial charge is 0.475 e. The summed E-state index contributed by atoms with van der Waals surface area (Å²) in [5, 5.41) is 13.2. The molecule has 2 aromatic carbocycles. The lowest BCUT2D eigenvalue weighted by Gasteiger charge is -2.06. The summed E-state index contributed by atoms with van der Waals surface area (Å²) in [6.07, 6.45) is 0. The van der Waals surface area contributed by atoms with Crippen LogP contribution in [0.2, 0.25) is 0 Å². The highest BCUT2D eigenvalue weighted by Gasteiger charge is 2.17. The van der Waals surface area contributed by atoms with Gasteiger partial charge < -0.3 is 5.11 Å². The van der Waals surface area contributed by atoms with Gasteiger partial charge in [-0.1, -0.05) is 36.4 Å². The Balaban J connectivity index is 2.21. The second-order valence-electron chi connectivity index (χ2n) is 4.32. The number of carboxylic acids is 1. The number of carboxylic acid groups (broad SMARTS) is 1. The monoisotopic (exact) mass is 391 g/mol. The molecule has 0 unspecified atom stereocenters. The maximum absolute atomic E-state index is 11.2. The van der Waals surface area contributed by atoms with Crippen LogP contribution in [0.25, 0.3) is 17.1 Å². The highest BCUT2D eigenvalue weighted by atomic mass is 127. The van der Waals surface area contributed by atoms with Crippen molar-refractivity contribution < 1.29 is 9.90 Å². The predicted octanol–water partition coefficient (Wildman–Crippen LogP) is 3.24. The number of benzene rings is 2. The number of aromatic carboxylic acids is 1. The lowest BCUT2D eigenvalue weighted by atomic mass is 10.2. The van der Waals surface area contributed by atoms with E-state index >= 15 is 0 Å². The first-order chi connectivity index (χ1) is 10.1. The molecule has 1 N–H and O–H groups in total. The molecule has 1 aromatic heterocycles. The molecule has 0 aliphatic rings. The molecule has 0 saturated carbocycles. The first-order valence-electron chi connectivity index (χ1n) is 6.17. The first kappa shape index (κ1) is 13.7. The molecule has 0 aliphatic heterocycles. The normalized spacial score (nSPS) is 10.5. The van der Waals surface area contributed by atoms with Crippen LogP contribution in [0.5, 0.6) is 0 Å². The Morgan fingerprint density at radius 1 is 1.10 bits per heavy atom. The van der Waals surface area contributed by atoms with Gasteiger partial charge in [-0.05, 0) is 40.8 Å². The summed E-state index contributed by atoms with van der Waals surface area (Å²) >= 11 is 2.20. The SMILES string of the molecule is O=C(O)c1nc(-c2ccccc2)n(-c2cccc(I)c2)n1. The van der Waals surface area contributed by atoms with Crippen molar-refractivity contribution in [3.05, 3.63) is 64.0 Å². The summed E-state index contributed by atoms with van der Waals surface area (Å²) in [6, 6.07) is 17.1. The van der Waals surface area contributed by atoms with Crippen LogP contribution < -0.4 is 0 Å². The number of nitrogens with zero attached hydrogens (tertiary/aromatic N) is 3. The number of hydrogen-bond acceptors (Lipinski definition) is 3. The van der Waals surface area contributed by atoms with Gasteiger partial charge in [0.25, 0.3) is 5.82 Å². The fourth-order valence-corrected chi connectivity index (χ4v) is 2.49. The minimum absolute atomic E-state index is 0.215. The molecule has 0 aliphatic carbocycles. The van der Waals surface area contributed by atoms with E-state index in [2.05, 4.69) is 32.7 Å². The molecule has 0 fully saturated rings. The Labute approximate surface area is 134 Å². The Hall–Kier alpha value is -2.22. The molecule has 1 heterocycles. The zero-order valence-corrected chi connectivity index (χ0v) is 12.9. The van der Waals surface area contributed by atoms with Crippen LogP contribution in [0.4, 0.5) is 0 Å². The summed E-state index contributed by atoms with van der Waals surface area (Å²) in [5.41, 5.74) is 1.59. The number of carbonyl (C=O) groups is 1. The van der Waals surface area contributed by atoms with E-state index in [0.717, 1.165) is 14.8 Å². The van der Waals surface area contributed by atoms with Crippen molar-refractivity contribution in [2.24, 2.45) is 0 Å². The van der Waals surface area contributed by atoms with Gasteiger partial charge in [0, 0.05) is 9.13 Å². The third-order valence-electron chi connectivity index (χ3n) is 2.88. The fourth-order valence-electron chi connectivity index (χ4n) is 1.96. The Kier molecular flexibility index (Phi) is 3.70. The summed E-state index contributed by atoms with van der Waals surface area (Å²) < 4.78 is 2.59. The van der Waals surface area contributed by atoms with E-state index in [1.807, 2.05) is 54.6 Å². The van der Waals surface area contributed by atoms with E-state index in [1.54, 1.807) is 4.68 Å². The second-order valence-corrected chi connectivity index (χ2v) is 5.57. The van der Waals surface area contributed by atoms with Crippen molar-refractivity contribution in [2.75, 3.05) is 0 Å². The van der Waals surface area contributed by atoms with Crippen LogP contribution >= 0.6 is 22.6 Å². The molecule has 3 rings (SSSR count). The molecule has 0 saturated heterocycles. The molecule has 5 nitrogen and oxygen atoms in total. The maximum Gasteiger partial charge on any atom is 0.375 e. The molecule has 0 spiro atoms. The van der Waals surface area contributed by atoms with Crippen LogP contribution in [-0.4, -0.2) is 25.8 Å². The van der Waals surface area contributed by atoms with Gasteiger partial charge in [-0.3, -0.25) is 0 Å². The average molecular weight is 391 g/mol. The molecule has 0 atom stereocenters. The molecular formula is C15H10IN3O2. The summed E-state index contributed by atoms with van der Waals surface area (Å²) in [6.45, 7) is 0. The van der Waals surface area contributed by atoms with Gasteiger partial charge in [-0.15, -0.1) is 5.10 Å². The lowest BCUT2D eigenvalue weighted by molar-refractivity contribution is 0.0683. The predicted molar refractivity (Wildman–Crippen MR) is 86.5 cm³/mol. The van der Waals surface area contributed by atoms with Crippen molar-refractivity contribution in [1.29, 1.82) is 0 Å². The highest BCUT2D eigenvalue weighted by molar-refractivity contribution is 14.1. The van der Waals surface area contributed by atoms with Gasteiger partial charge in [-0.25, -0.2) is 14.5 Å². The van der Waals surface area contributed by atoms with Crippen molar-refractivity contribution in [3.8, 4) is 17.1 Å². The topological polar surface area (TPSA) is 68.0 Å². The van der Waals surface area contributed by atoms with E-state index in [9.17, 15) is 4.79 Å². The Bertz CT molecular complexity index is 800. The van der Waals surface area contributed by atoms with Gasteiger partial charge in [0.05, 0.1) is 5.69 Å². The van der Waals surface area contributed by atoms with Crippen LogP contribution in [-0.2, 0) is 0 Å². The average Bonchev–Trinajstić information content (AvgIpc) is 2.93. The molecule has 0 bridgehead atoms. The lowest BCUT2D eigenvalue weighted by Crippen LogP contribution is -2.02. The van der Waals surface area contributed by atoms with Crippen molar-refractivity contribution in [2.45, 2.75) is 0 Å². The number of aromatic nitrogens is 3. The van der Waals surface area contributed by atoms with Crippen LogP contribution in [0.15, 0.2) is 54.6 Å². The number of halogens is 1. The van der Waals surface area contributed by atoms with E-state index in [0.29, 0.717) is 5.82 Å². The highest BCUT2D eigenvalue weighted by Crippen LogP contribution is 2.22. The zero-order valence-electron chi connectivity index (χ0n) is 10.8. The zero-order chi connectivity index (χ0) is 14.8. The molecular weight excluding hydrogens is 381 g/mol. The third kappa shape index (κ3) is 2.80. The van der Waals surface area contributed by atoms with Crippen molar-refractivity contribution >= 4 is 28.6 Å². The maximum atomic E-state index is 11.2. The molecule has 3 aromatic rings. The Morgan fingerprint density at radius 2 is 1.86 bits per heavy atom. The van der Waals surface area contributed by atoms with Crippen LogP contribution in [0.1, 0.15) is 10.6 Å². The molecule has 21 heavy (non-hydrogen) atoms. The van der Waals surface area contributed by atoms with Crippen molar-refractivity contribution in [1.82, 2.24) is 14.8 Å². The number of hydrogen-bond donors (Lipinski definition) is 1. The minimum Gasteiger partial charge on any atom is -0.475 e. The van der Waals surface area contributed by atoms with Gasteiger partial charge in [0.1, 0.15) is 0 Å². The number of rotatable bonds is 3. The summed E-state index contributed by atoms with van der Waals surface area (Å²) in [5.74, 6) is -0.848. The van der Waals surface area contributed by atoms with Crippen LogP contribution in [0, 0.1) is 3.57 Å². The van der Waals surface area contributed by atoms with E-state index in [4.69, 9.17) is 5.11 Å². The van der Waals surface area contributed by atoms with E-state index in [1.165, 1.54) is 0 Å². The third-order valence-corrected chi connectivity index (χ3v) is 3.55. The smallest absolute Gasteiger partial charge is 0.375 e. The van der Waals surface area contributed by atoms with Gasteiger partial charge in [0.2, 0.25) is 0 Å². The Morgan fingerprint density at radius 3 is 2.52 bits per heavy atom. The standard InChI is InChI=1S/C15H10IN3O2/c16-11-7-4-8-12(9-11)19-14(10-5-2-1-3-6-10)17-13(18-19)15(20)21/h1-9H,(H,20,21). The van der Waals surface area contributed by atoms with Gasteiger partial charge in [-0.2, -0.15) is 0 Å². The minimum atomic E-state index is -1.14. The van der Waals surface area contributed by atoms with Gasteiger partial charge >= 0.3 is 5.97 Å². The molecule has 6 heteroatoms. The quantitative estimate of drug-likeness (QED) is 0.697. The van der Waals surface area contributed by atoms with Crippen LogP contribution in [0.3, 0.4) is 0 Å². The fraction of sp³-hybridized carbons (Fsp3) is 0. The summed E-state index contributed by atoms with van der Waals surface area (Å²) in [4.78, 5) is 15.3. The van der Waals surface area contributed by atoms with E-state index in [-0.39, 0.29) is 5.82 Å².